The molecular weight excluding hydrogens is 320 g/mol. The molecular formula is C24H44O2. The van der Waals surface area contributed by atoms with Gasteiger partial charge in [0.25, 0.3) is 0 Å². The van der Waals surface area contributed by atoms with Crippen LogP contribution in [0.25, 0.3) is 0 Å². The Morgan fingerprint density at radius 3 is 2.12 bits per heavy atom. The molecule has 2 rings (SSSR count). The molecule has 2 fully saturated rings. The molecule has 0 bridgehead atoms. The number of carbonyl (C=O) groups is 1. The van der Waals surface area contributed by atoms with Gasteiger partial charge in [0.2, 0.25) is 0 Å². The van der Waals surface area contributed by atoms with Crippen LogP contribution in [0.3, 0.4) is 0 Å². The fourth-order valence-corrected chi connectivity index (χ4v) is 4.91. The van der Waals surface area contributed by atoms with E-state index in [2.05, 4.69) is 13.8 Å². The third kappa shape index (κ3) is 8.44. The number of unbranched alkanes of at least 4 members (excludes halogenated alkanes) is 4. The van der Waals surface area contributed by atoms with Gasteiger partial charge in [-0.2, -0.15) is 0 Å². The van der Waals surface area contributed by atoms with E-state index in [1.54, 1.807) is 0 Å². The van der Waals surface area contributed by atoms with Crippen LogP contribution in [0, 0.1) is 17.8 Å². The Bertz CT molecular complexity index is 364. The van der Waals surface area contributed by atoms with E-state index in [0.717, 1.165) is 31.1 Å². The Labute approximate surface area is 162 Å². The van der Waals surface area contributed by atoms with Gasteiger partial charge in [0.15, 0.2) is 0 Å². The van der Waals surface area contributed by atoms with Gasteiger partial charge in [-0.15, -0.1) is 0 Å². The topological polar surface area (TPSA) is 26.3 Å². The fourth-order valence-electron chi connectivity index (χ4n) is 4.91. The molecule has 2 heteroatoms. The molecule has 2 aliphatic rings. The molecule has 1 unspecified atom stereocenters. The van der Waals surface area contributed by atoms with E-state index in [1.165, 1.54) is 89.9 Å². The van der Waals surface area contributed by atoms with Crippen LogP contribution in [-0.4, -0.2) is 12.1 Å². The first-order valence-electron chi connectivity index (χ1n) is 11.9. The van der Waals surface area contributed by atoms with Crippen molar-refractivity contribution < 1.29 is 9.53 Å². The molecule has 152 valence electrons. The number of carbonyl (C=O) groups excluding carboxylic acids is 1. The van der Waals surface area contributed by atoms with Crippen molar-refractivity contribution in [3.8, 4) is 0 Å². The van der Waals surface area contributed by atoms with Crippen LogP contribution >= 0.6 is 0 Å². The quantitative estimate of drug-likeness (QED) is 0.281. The maximum absolute atomic E-state index is 12.3. The lowest BCUT2D eigenvalue weighted by Crippen LogP contribution is -2.25. The minimum absolute atomic E-state index is 0.0673. The van der Waals surface area contributed by atoms with Crippen molar-refractivity contribution in [1.29, 1.82) is 0 Å². The van der Waals surface area contributed by atoms with Crippen molar-refractivity contribution in [2.45, 2.75) is 129 Å². The highest BCUT2D eigenvalue weighted by Gasteiger charge is 2.25. The number of hydrogen-bond donors (Lipinski definition) is 0. The lowest BCUT2D eigenvalue weighted by atomic mass is 9.77. The highest BCUT2D eigenvalue weighted by atomic mass is 16.5. The molecule has 0 aliphatic heterocycles. The van der Waals surface area contributed by atoms with Crippen LogP contribution in [-0.2, 0) is 9.53 Å². The normalized spacial score (nSPS) is 25.8. The van der Waals surface area contributed by atoms with Gasteiger partial charge in [0, 0.05) is 0 Å². The Hall–Kier alpha value is -0.530. The molecule has 1 atom stereocenters. The van der Waals surface area contributed by atoms with E-state index in [-0.39, 0.29) is 18.0 Å². The summed E-state index contributed by atoms with van der Waals surface area (Å²) in [5.41, 5.74) is 0. The molecule has 0 aromatic rings. The maximum Gasteiger partial charge on any atom is 0.308 e. The first-order chi connectivity index (χ1) is 12.7. The molecule has 0 radical (unpaired) electrons. The highest BCUT2D eigenvalue weighted by molar-refractivity contribution is 5.72. The first kappa shape index (κ1) is 21.8. The molecule has 0 saturated heterocycles. The summed E-state index contributed by atoms with van der Waals surface area (Å²) in [7, 11) is 0. The summed E-state index contributed by atoms with van der Waals surface area (Å²) in [6.07, 6.45) is 22.6. The van der Waals surface area contributed by atoms with Crippen LogP contribution < -0.4 is 0 Å². The monoisotopic (exact) mass is 364 g/mol. The second kappa shape index (κ2) is 12.8. The van der Waals surface area contributed by atoms with Gasteiger partial charge in [-0.3, -0.25) is 4.79 Å². The van der Waals surface area contributed by atoms with Crippen LogP contribution in [0.1, 0.15) is 123 Å². The zero-order valence-electron chi connectivity index (χ0n) is 17.6. The Morgan fingerprint density at radius 2 is 1.46 bits per heavy atom. The SMILES string of the molecule is CCCCCCC[C@H]1CC[C@H](CCC(C)C(=O)OC2CCCCC2)CC1. The average molecular weight is 365 g/mol. The van der Waals surface area contributed by atoms with Gasteiger partial charge in [-0.05, 0) is 50.4 Å². The molecule has 2 saturated carbocycles. The lowest BCUT2D eigenvalue weighted by Gasteiger charge is -2.29. The smallest absolute Gasteiger partial charge is 0.308 e. The Morgan fingerprint density at radius 1 is 0.846 bits per heavy atom. The number of hydrogen-bond acceptors (Lipinski definition) is 2. The molecule has 0 spiro atoms. The summed E-state index contributed by atoms with van der Waals surface area (Å²) in [5, 5.41) is 0. The van der Waals surface area contributed by atoms with Crippen molar-refractivity contribution in [3.05, 3.63) is 0 Å². The molecule has 0 aromatic heterocycles. The van der Waals surface area contributed by atoms with E-state index in [4.69, 9.17) is 4.74 Å². The molecule has 2 aliphatic carbocycles. The van der Waals surface area contributed by atoms with Gasteiger partial charge in [-0.25, -0.2) is 0 Å². The highest BCUT2D eigenvalue weighted by Crippen LogP contribution is 2.35. The predicted octanol–water partition coefficient (Wildman–Crippen LogP) is 7.45. The average Bonchev–Trinajstić information content (AvgIpc) is 2.67. The fraction of sp³-hybridized carbons (Fsp3) is 0.958. The van der Waals surface area contributed by atoms with Crippen molar-refractivity contribution in [1.82, 2.24) is 0 Å². The first-order valence-corrected chi connectivity index (χ1v) is 11.9. The zero-order valence-corrected chi connectivity index (χ0v) is 17.6. The molecule has 0 N–H and O–H groups in total. The van der Waals surface area contributed by atoms with Crippen molar-refractivity contribution >= 4 is 5.97 Å². The summed E-state index contributed by atoms with van der Waals surface area (Å²) in [6, 6.07) is 0. The van der Waals surface area contributed by atoms with Crippen LogP contribution in [0.5, 0.6) is 0 Å². The zero-order chi connectivity index (χ0) is 18.6. The van der Waals surface area contributed by atoms with Gasteiger partial charge in [0.05, 0.1) is 5.92 Å². The second-order valence-corrected chi connectivity index (χ2v) is 9.26. The minimum Gasteiger partial charge on any atom is -0.462 e. The van der Waals surface area contributed by atoms with E-state index >= 15 is 0 Å². The van der Waals surface area contributed by atoms with Gasteiger partial charge < -0.3 is 4.74 Å². The van der Waals surface area contributed by atoms with Crippen molar-refractivity contribution in [2.24, 2.45) is 17.8 Å². The van der Waals surface area contributed by atoms with E-state index < -0.39 is 0 Å². The van der Waals surface area contributed by atoms with Crippen molar-refractivity contribution in [3.63, 3.8) is 0 Å². The standard InChI is InChI=1S/C24H44O2/c1-3-4-5-6-8-11-21-16-18-22(19-17-21)15-14-20(2)24(25)26-23-12-9-7-10-13-23/h20-23H,3-19H2,1-2H3/t20?,21-,22-. The van der Waals surface area contributed by atoms with Gasteiger partial charge >= 0.3 is 5.97 Å². The summed E-state index contributed by atoms with van der Waals surface area (Å²) in [6.45, 7) is 4.37. The molecule has 0 aromatic carbocycles. The van der Waals surface area contributed by atoms with Crippen LogP contribution in [0.4, 0.5) is 0 Å². The third-order valence-corrected chi connectivity index (χ3v) is 6.93. The summed E-state index contributed by atoms with van der Waals surface area (Å²) >= 11 is 0. The summed E-state index contributed by atoms with van der Waals surface area (Å²) in [5.74, 6) is 2.00. The third-order valence-electron chi connectivity index (χ3n) is 6.93. The van der Waals surface area contributed by atoms with E-state index in [9.17, 15) is 4.79 Å². The Balaban J connectivity index is 1.52. The second-order valence-electron chi connectivity index (χ2n) is 9.26. The van der Waals surface area contributed by atoms with E-state index in [0.29, 0.717) is 0 Å². The molecule has 0 heterocycles. The minimum atomic E-state index is 0.0673. The Kier molecular flexibility index (Phi) is 10.7. The van der Waals surface area contributed by atoms with Crippen molar-refractivity contribution in [2.75, 3.05) is 0 Å². The van der Waals surface area contributed by atoms with Crippen LogP contribution in [0.15, 0.2) is 0 Å². The number of esters is 1. The molecule has 2 nitrogen and oxygen atoms in total. The predicted molar refractivity (Wildman–Crippen MR) is 110 cm³/mol. The van der Waals surface area contributed by atoms with E-state index in [1.807, 2.05) is 0 Å². The molecule has 0 amide bonds. The lowest BCUT2D eigenvalue weighted by molar-refractivity contribution is -0.155. The number of ether oxygens (including phenoxy) is 1. The summed E-state index contributed by atoms with van der Waals surface area (Å²) in [4.78, 5) is 12.3. The largest absolute Gasteiger partial charge is 0.462 e. The van der Waals surface area contributed by atoms with Crippen LogP contribution in [0.2, 0.25) is 0 Å². The van der Waals surface area contributed by atoms with Gasteiger partial charge in [0.1, 0.15) is 6.10 Å². The molecule has 26 heavy (non-hydrogen) atoms. The number of rotatable bonds is 11. The van der Waals surface area contributed by atoms with Gasteiger partial charge in [-0.1, -0.05) is 84.5 Å². The summed E-state index contributed by atoms with van der Waals surface area (Å²) < 4.78 is 5.74. The maximum atomic E-state index is 12.3.